The normalized spacial score (nSPS) is 11.8. The van der Waals surface area contributed by atoms with Crippen LogP contribution in [0.15, 0.2) is 42.5 Å². The Bertz CT molecular complexity index is 893. The van der Waals surface area contributed by atoms with Crippen LogP contribution in [0.1, 0.15) is 44.2 Å². The summed E-state index contributed by atoms with van der Waals surface area (Å²) in [6, 6.07) is 12.3. The number of carbonyl (C=O) groups is 2. The quantitative estimate of drug-likeness (QED) is 0.324. The Labute approximate surface area is 210 Å². The second-order valence-electron chi connectivity index (χ2n) is 7.46. The van der Waals surface area contributed by atoms with E-state index in [-0.39, 0.29) is 24.1 Å². The fraction of sp³-hybridized carbons (Fsp3) is 0.417. The van der Waals surface area contributed by atoms with Crippen LogP contribution in [-0.4, -0.2) is 35.1 Å². The SMILES string of the molecule is CCCCNC(=O)[C@@H](CC)N(Cc1ccc(Cl)c(Cl)c1)C(=O)CSCc1ccc(Cl)cc1. The van der Waals surface area contributed by atoms with Gasteiger partial charge in [-0.05, 0) is 48.2 Å². The average Bonchev–Trinajstić information content (AvgIpc) is 2.77. The van der Waals surface area contributed by atoms with Crippen molar-refractivity contribution in [2.75, 3.05) is 12.3 Å². The minimum Gasteiger partial charge on any atom is -0.354 e. The van der Waals surface area contributed by atoms with Crippen LogP contribution in [-0.2, 0) is 21.9 Å². The van der Waals surface area contributed by atoms with Crippen molar-refractivity contribution in [3.63, 3.8) is 0 Å². The predicted molar refractivity (Wildman–Crippen MR) is 137 cm³/mol. The zero-order valence-electron chi connectivity index (χ0n) is 18.4. The zero-order chi connectivity index (χ0) is 23.5. The van der Waals surface area contributed by atoms with Crippen molar-refractivity contribution in [3.05, 3.63) is 68.7 Å². The van der Waals surface area contributed by atoms with Gasteiger partial charge in [0, 0.05) is 23.9 Å². The summed E-state index contributed by atoms with van der Waals surface area (Å²) in [5, 5.41) is 4.53. The summed E-state index contributed by atoms with van der Waals surface area (Å²) in [4.78, 5) is 27.7. The number of hydrogen-bond acceptors (Lipinski definition) is 3. The van der Waals surface area contributed by atoms with Gasteiger partial charge in [0.15, 0.2) is 0 Å². The standard InChI is InChI=1S/C24H29Cl3N2O2S/c1-3-5-12-28-24(31)22(4-2)29(14-18-8-11-20(26)21(27)13-18)23(30)16-32-15-17-6-9-19(25)10-7-17/h6-11,13,22H,3-5,12,14-16H2,1-2H3,(H,28,31)/t22-/m1/s1. The van der Waals surface area contributed by atoms with Gasteiger partial charge in [-0.15, -0.1) is 11.8 Å². The molecule has 1 atom stereocenters. The van der Waals surface area contributed by atoms with Crippen LogP contribution in [0, 0.1) is 0 Å². The number of halogens is 3. The predicted octanol–water partition coefficient (Wildman–Crippen LogP) is 6.60. The molecule has 0 bridgehead atoms. The Kier molecular flexibility index (Phi) is 11.7. The van der Waals surface area contributed by atoms with Gasteiger partial charge in [0.25, 0.3) is 0 Å². The van der Waals surface area contributed by atoms with Crippen LogP contribution >= 0.6 is 46.6 Å². The Morgan fingerprint density at radius 2 is 1.69 bits per heavy atom. The van der Waals surface area contributed by atoms with Crippen LogP contribution < -0.4 is 5.32 Å². The molecule has 0 aromatic heterocycles. The molecule has 0 unspecified atom stereocenters. The van der Waals surface area contributed by atoms with E-state index >= 15 is 0 Å². The van der Waals surface area contributed by atoms with Crippen molar-refractivity contribution in [1.82, 2.24) is 10.2 Å². The molecule has 2 aromatic rings. The summed E-state index contributed by atoms with van der Waals surface area (Å²) in [6.07, 6.45) is 2.41. The van der Waals surface area contributed by atoms with Crippen LogP contribution in [0.2, 0.25) is 15.1 Å². The van der Waals surface area contributed by atoms with Gasteiger partial charge < -0.3 is 10.2 Å². The summed E-state index contributed by atoms with van der Waals surface area (Å²) in [6.45, 7) is 4.88. The molecule has 0 spiro atoms. The molecule has 0 aliphatic heterocycles. The van der Waals surface area contributed by atoms with Crippen molar-refractivity contribution in [2.45, 2.75) is 51.4 Å². The van der Waals surface area contributed by atoms with E-state index in [9.17, 15) is 9.59 Å². The van der Waals surface area contributed by atoms with Crippen molar-refractivity contribution in [2.24, 2.45) is 0 Å². The van der Waals surface area contributed by atoms with E-state index in [1.54, 1.807) is 17.0 Å². The maximum absolute atomic E-state index is 13.2. The first-order valence-corrected chi connectivity index (χ1v) is 13.0. The van der Waals surface area contributed by atoms with Crippen LogP contribution in [0.5, 0.6) is 0 Å². The maximum Gasteiger partial charge on any atom is 0.242 e. The zero-order valence-corrected chi connectivity index (χ0v) is 21.5. The van der Waals surface area contributed by atoms with Crippen molar-refractivity contribution < 1.29 is 9.59 Å². The molecule has 0 radical (unpaired) electrons. The van der Waals surface area contributed by atoms with Crippen molar-refractivity contribution in [3.8, 4) is 0 Å². The van der Waals surface area contributed by atoms with Gasteiger partial charge in [-0.3, -0.25) is 9.59 Å². The lowest BCUT2D eigenvalue weighted by Gasteiger charge is -2.30. The number of carbonyl (C=O) groups excluding carboxylic acids is 2. The number of nitrogens with one attached hydrogen (secondary N) is 1. The first-order chi connectivity index (χ1) is 15.3. The fourth-order valence-electron chi connectivity index (χ4n) is 3.18. The van der Waals surface area contributed by atoms with E-state index in [2.05, 4.69) is 12.2 Å². The molecule has 2 aromatic carbocycles. The van der Waals surface area contributed by atoms with E-state index in [1.165, 1.54) is 11.8 Å². The van der Waals surface area contributed by atoms with Crippen molar-refractivity contribution >= 4 is 58.4 Å². The summed E-state index contributed by atoms with van der Waals surface area (Å²) < 4.78 is 0. The van der Waals surface area contributed by atoms with Gasteiger partial charge in [0.1, 0.15) is 6.04 Å². The highest BCUT2D eigenvalue weighted by molar-refractivity contribution is 7.99. The number of thioether (sulfide) groups is 1. The van der Waals surface area contributed by atoms with E-state index < -0.39 is 6.04 Å². The average molecular weight is 516 g/mol. The molecule has 0 aliphatic rings. The second-order valence-corrected chi connectivity index (χ2v) is 9.69. The number of unbranched alkanes of at least 4 members (excludes halogenated alkanes) is 1. The van der Waals surface area contributed by atoms with Crippen LogP contribution in [0.3, 0.4) is 0 Å². The molecule has 8 heteroatoms. The molecule has 0 saturated carbocycles. The van der Waals surface area contributed by atoms with E-state index in [4.69, 9.17) is 34.8 Å². The molecule has 2 rings (SSSR count). The van der Waals surface area contributed by atoms with Crippen molar-refractivity contribution in [1.29, 1.82) is 0 Å². The number of rotatable bonds is 12. The molecule has 0 fully saturated rings. The Hall–Kier alpha value is -1.40. The summed E-state index contributed by atoms with van der Waals surface area (Å²) in [5.74, 6) is 0.732. The Morgan fingerprint density at radius 3 is 2.31 bits per heavy atom. The molecule has 174 valence electrons. The molecular formula is C24H29Cl3N2O2S. The molecule has 0 heterocycles. The highest BCUT2D eigenvalue weighted by Crippen LogP contribution is 2.24. The minimum absolute atomic E-state index is 0.0903. The Balaban J connectivity index is 2.12. The third-order valence-corrected chi connectivity index (χ3v) is 6.94. The summed E-state index contributed by atoms with van der Waals surface area (Å²) in [5.41, 5.74) is 1.92. The fourth-order valence-corrected chi connectivity index (χ4v) is 4.50. The topological polar surface area (TPSA) is 49.4 Å². The molecule has 0 saturated heterocycles. The van der Waals surface area contributed by atoms with Gasteiger partial charge in [-0.25, -0.2) is 0 Å². The molecular weight excluding hydrogens is 487 g/mol. The molecule has 2 amide bonds. The van der Waals surface area contributed by atoms with Gasteiger partial charge in [0.2, 0.25) is 11.8 Å². The molecule has 32 heavy (non-hydrogen) atoms. The van der Waals surface area contributed by atoms with E-state index in [0.29, 0.717) is 33.8 Å². The maximum atomic E-state index is 13.2. The lowest BCUT2D eigenvalue weighted by atomic mass is 10.1. The third-order valence-electron chi connectivity index (χ3n) is 4.96. The van der Waals surface area contributed by atoms with Gasteiger partial charge in [-0.2, -0.15) is 0 Å². The van der Waals surface area contributed by atoms with Crippen LogP contribution in [0.25, 0.3) is 0 Å². The molecule has 0 aliphatic carbocycles. The largest absolute Gasteiger partial charge is 0.354 e. The monoisotopic (exact) mass is 514 g/mol. The van der Waals surface area contributed by atoms with Gasteiger partial charge in [-0.1, -0.05) is 73.3 Å². The minimum atomic E-state index is -0.551. The summed E-state index contributed by atoms with van der Waals surface area (Å²) >= 11 is 19.7. The highest BCUT2D eigenvalue weighted by Gasteiger charge is 2.28. The van der Waals surface area contributed by atoms with E-state index in [0.717, 1.165) is 24.0 Å². The lowest BCUT2D eigenvalue weighted by Crippen LogP contribution is -2.49. The number of hydrogen-bond donors (Lipinski definition) is 1. The number of nitrogens with zero attached hydrogens (tertiary/aromatic N) is 1. The summed E-state index contributed by atoms with van der Waals surface area (Å²) in [7, 11) is 0. The van der Waals surface area contributed by atoms with Gasteiger partial charge >= 0.3 is 0 Å². The molecule has 4 nitrogen and oxygen atoms in total. The second kappa shape index (κ2) is 14.0. The molecule has 1 N–H and O–H groups in total. The Morgan fingerprint density at radius 1 is 1.00 bits per heavy atom. The van der Waals surface area contributed by atoms with E-state index in [1.807, 2.05) is 37.3 Å². The first-order valence-electron chi connectivity index (χ1n) is 10.7. The number of benzene rings is 2. The lowest BCUT2D eigenvalue weighted by molar-refractivity contribution is -0.139. The number of amides is 2. The first kappa shape index (κ1) is 26.8. The highest BCUT2D eigenvalue weighted by atomic mass is 35.5. The smallest absolute Gasteiger partial charge is 0.242 e. The van der Waals surface area contributed by atoms with Gasteiger partial charge in [0.05, 0.1) is 15.8 Å². The third kappa shape index (κ3) is 8.51. The van der Waals surface area contributed by atoms with Crippen LogP contribution in [0.4, 0.5) is 0 Å².